The molecule has 6 nitrogen and oxygen atoms in total. The second-order valence-electron chi connectivity index (χ2n) is 6.06. The van der Waals surface area contributed by atoms with E-state index in [2.05, 4.69) is 39.1 Å². The fourth-order valence-electron chi connectivity index (χ4n) is 2.78. The smallest absolute Gasteiger partial charge is 0.163 e. The second-order valence-corrected chi connectivity index (χ2v) is 7.86. The third-order valence-corrected chi connectivity index (χ3v) is 5.04. The van der Waals surface area contributed by atoms with E-state index in [0.717, 1.165) is 42.3 Å². The van der Waals surface area contributed by atoms with Crippen LogP contribution in [-0.4, -0.2) is 55.3 Å². The molecule has 7 heteroatoms. The maximum Gasteiger partial charge on any atom is 0.163 e. The minimum absolute atomic E-state index is 0.306. The number of thioether (sulfide) groups is 1. The van der Waals surface area contributed by atoms with Gasteiger partial charge in [-0.25, -0.2) is 9.97 Å². The highest BCUT2D eigenvalue weighted by atomic mass is 32.2. The standard InChI is InChI=1S/C14H22N6S/c1-14(2)9-20(5-6-21-14)8-11-17-12(15-3)10-7-16-19(4)13(10)18-11/h7H,5-6,8-9H2,1-4H3,(H,15,17,18). The van der Waals surface area contributed by atoms with Crippen LogP contribution in [0.25, 0.3) is 11.0 Å². The molecule has 0 spiro atoms. The summed E-state index contributed by atoms with van der Waals surface area (Å²) < 4.78 is 2.11. The fourth-order valence-corrected chi connectivity index (χ4v) is 3.95. The van der Waals surface area contributed by atoms with Gasteiger partial charge < -0.3 is 5.32 Å². The van der Waals surface area contributed by atoms with Crippen molar-refractivity contribution in [3.63, 3.8) is 0 Å². The number of aryl methyl sites for hydroxylation is 1. The minimum atomic E-state index is 0.306. The third kappa shape index (κ3) is 2.98. The first-order valence-corrected chi connectivity index (χ1v) is 8.20. The van der Waals surface area contributed by atoms with Crippen LogP contribution in [0.2, 0.25) is 0 Å². The molecule has 3 rings (SSSR count). The molecule has 0 bridgehead atoms. The van der Waals surface area contributed by atoms with E-state index in [-0.39, 0.29) is 0 Å². The lowest BCUT2D eigenvalue weighted by atomic mass is 10.2. The number of hydrogen-bond donors (Lipinski definition) is 1. The molecule has 3 heterocycles. The van der Waals surface area contributed by atoms with Gasteiger partial charge in [0.05, 0.1) is 18.1 Å². The average molecular weight is 306 g/mol. The summed E-state index contributed by atoms with van der Waals surface area (Å²) in [6.07, 6.45) is 1.81. The summed E-state index contributed by atoms with van der Waals surface area (Å²) in [4.78, 5) is 11.8. The van der Waals surface area contributed by atoms with E-state index in [4.69, 9.17) is 0 Å². The second kappa shape index (κ2) is 5.46. The zero-order valence-electron chi connectivity index (χ0n) is 13.1. The normalized spacial score (nSPS) is 19.0. The first-order chi connectivity index (χ1) is 9.98. The fraction of sp³-hybridized carbons (Fsp3) is 0.643. The largest absolute Gasteiger partial charge is 0.372 e. The summed E-state index contributed by atoms with van der Waals surface area (Å²) in [6.45, 7) is 7.55. The Bertz CT molecular complexity index is 650. The Labute approximate surface area is 129 Å². The molecule has 0 amide bonds. The van der Waals surface area contributed by atoms with Crippen LogP contribution in [-0.2, 0) is 13.6 Å². The first kappa shape index (κ1) is 14.6. The Morgan fingerprint density at radius 3 is 2.90 bits per heavy atom. The highest BCUT2D eigenvalue weighted by molar-refractivity contribution is 8.00. The monoisotopic (exact) mass is 306 g/mol. The number of fused-ring (bicyclic) bond motifs is 1. The van der Waals surface area contributed by atoms with Gasteiger partial charge in [0.1, 0.15) is 11.6 Å². The van der Waals surface area contributed by atoms with Gasteiger partial charge in [-0.2, -0.15) is 16.9 Å². The zero-order valence-corrected chi connectivity index (χ0v) is 13.9. The van der Waals surface area contributed by atoms with Crippen LogP contribution in [0, 0.1) is 0 Å². The zero-order chi connectivity index (χ0) is 15.0. The number of nitrogens with one attached hydrogen (secondary N) is 1. The van der Waals surface area contributed by atoms with E-state index in [9.17, 15) is 0 Å². The average Bonchev–Trinajstić information content (AvgIpc) is 2.79. The summed E-state index contributed by atoms with van der Waals surface area (Å²) in [5.41, 5.74) is 0.884. The molecule has 1 aliphatic heterocycles. The molecule has 0 aromatic carbocycles. The van der Waals surface area contributed by atoms with E-state index in [1.54, 1.807) is 4.68 Å². The SMILES string of the molecule is CNc1nc(CN2CCSC(C)(C)C2)nc2c1cnn2C. The molecular formula is C14H22N6S. The first-order valence-electron chi connectivity index (χ1n) is 7.21. The Morgan fingerprint density at radius 2 is 2.19 bits per heavy atom. The van der Waals surface area contributed by atoms with Crippen molar-refractivity contribution in [1.29, 1.82) is 0 Å². The lowest BCUT2D eigenvalue weighted by Gasteiger charge is -2.37. The Balaban J connectivity index is 1.88. The van der Waals surface area contributed by atoms with Crippen LogP contribution >= 0.6 is 11.8 Å². The molecule has 1 aliphatic rings. The molecule has 114 valence electrons. The van der Waals surface area contributed by atoms with Gasteiger partial charge in [-0.05, 0) is 13.8 Å². The van der Waals surface area contributed by atoms with Gasteiger partial charge >= 0.3 is 0 Å². The number of nitrogens with zero attached hydrogens (tertiary/aromatic N) is 5. The van der Waals surface area contributed by atoms with Crippen LogP contribution in [0.4, 0.5) is 5.82 Å². The molecule has 1 fully saturated rings. The molecule has 0 unspecified atom stereocenters. The number of anilines is 1. The highest BCUT2D eigenvalue weighted by Crippen LogP contribution is 2.30. The summed E-state index contributed by atoms with van der Waals surface area (Å²) in [5, 5.41) is 8.39. The van der Waals surface area contributed by atoms with Gasteiger partial charge in [-0.15, -0.1) is 0 Å². The minimum Gasteiger partial charge on any atom is -0.372 e. The van der Waals surface area contributed by atoms with Gasteiger partial charge in [0.2, 0.25) is 0 Å². The van der Waals surface area contributed by atoms with Crippen molar-refractivity contribution >= 4 is 28.6 Å². The third-order valence-electron chi connectivity index (χ3n) is 3.74. The predicted octanol–water partition coefficient (Wildman–Crippen LogP) is 1.73. The van der Waals surface area contributed by atoms with Crippen LogP contribution in [0.5, 0.6) is 0 Å². The van der Waals surface area contributed by atoms with Crippen LogP contribution in [0.3, 0.4) is 0 Å². The van der Waals surface area contributed by atoms with Crippen molar-refractivity contribution in [2.24, 2.45) is 7.05 Å². The molecule has 1 saturated heterocycles. The molecule has 2 aromatic rings. The number of aromatic nitrogens is 4. The van der Waals surface area contributed by atoms with Gasteiger partial charge in [-0.3, -0.25) is 9.58 Å². The van der Waals surface area contributed by atoms with E-state index in [1.165, 1.54) is 5.75 Å². The molecule has 0 aliphatic carbocycles. The van der Waals surface area contributed by atoms with Gasteiger partial charge in [-0.1, -0.05) is 0 Å². The van der Waals surface area contributed by atoms with E-state index in [0.29, 0.717) is 4.75 Å². The Hall–Kier alpha value is -1.34. The maximum atomic E-state index is 4.69. The van der Waals surface area contributed by atoms with Crippen molar-refractivity contribution in [2.45, 2.75) is 25.1 Å². The van der Waals surface area contributed by atoms with Crippen LogP contribution in [0.15, 0.2) is 6.20 Å². The molecule has 21 heavy (non-hydrogen) atoms. The molecule has 1 N–H and O–H groups in total. The summed E-state index contributed by atoms with van der Waals surface area (Å²) in [6, 6.07) is 0. The lowest BCUT2D eigenvalue weighted by Crippen LogP contribution is -2.42. The molecule has 0 atom stereocenters. The van der Waals surface area contributed by atoms with Crippen molar-refractivity contribution in [3.05, 3.63) is 12.0 Å². The van der Waals surface area contributed by atoms with Gasteiger partial charge in [0.15, 0.2) is 5.65 Å². The van der Waals surface area contributed by atoms with Crippen molar-refractivity contribution in [2.75, 3.05) is 31.2 Å². The summed E-state index contributed by atoms with van der Waals surface area (Å²) >= 11 is 2.04. The van der Waals surface area contributed by atoms with Crippen molar-refractivity contribution < 1.29 is 0 Å². The number of rotatable bonds is 3. The summed E-state index contributed by atoms with van der Waals surface area (Å²) in [5.74, 6) is 2.88. The van der Waals surface area contributed by atoms with Gasteiger partial charge in [0, 0.05) is 37.7 Å². The van der Waals surface area contributed by atoms with E-state index >= 15 is 0 Å². The van der Waals surface area contributed by atoms with Gasteiger partial charge in [0.25, 0.3) is 0 Å². The van der Waals surface area contributed by atoms with Crippen molar-refractivity contribution in [3.8, 4) is 0 Å². The lowest BCUT2D eigenvalue weighted by molar-refractivity contribution is 0.247. The topological polar surface area (TPSA) is 58.9 Å². The maximum absolute atomic E-state index is 4.69. The predicted molar refractivity (Wildman–Crippen MR) is 87.7 cm³/mol. The molecule has 0 radical (unpaired) electrons. The summed E-state index contributed by atoms with van der Waals surface area (Å²) in [7, 11) is 3.80. The van der Waals surface area contributed by atoms with E-state index < -0.39 is 0 Å². The molecule has 0 saturated carbocycles. The molecular weight excluding hydrogens is 284 g/mol. The number of hydrogen-bond acceptors (Lipinski definition) is 6. The quantitative estimate of drug-likeness (QED) is 0.932. The highest BCUT2D eigenvalue weighted by Gasteiger charge is 2.27. The van der Waals surface area contributed by atoms with Crippen LogP contribution in [0.1, 0.15) is 19.7 Å². The Kier molecular flexibility index (Phi) is 3.79. The Morgan fingerprint density at radius 1 is 1.38 bits per heavy atom. The van der Waals surface area contributed by atoms with Crippen molar-refractivity contribution in [1.82, 2.24) is 24.6 Å². The molecule has 2 aromatic heterocycles. The van der Waals surface area contributed by atoms with Crippen LogP contribution < -0.4 is 5.32 Å². The van der Waals surface area contributed by atoms with E-state index in [1.807, 2.05) is 32.1 Å².